The molecule has 0 radical (unpaired) electrons. The first kappa shape index (κ1) is 4.60. The van der Waals surface area contributed by atoms with Gasteiger partial charge in [-0.15, -0.1) is 0 Å². The van der Waals surface area contributed by atoms with Gasteiger partial charge in [-0.05, 0) is 31.1 Å². The quantitative estimate of drug-likeness (QED) is 0.417. The predicted octanol–water partition coefficient (Wildman–Crippen LogP) is 2.22. The molecular weight excluding hydrogens is 96.1 g/mol. The van der Waals surface area contributed by atoms with Gasteiger partial charge in [0.05, 0.1) is 0 Å². The minimum Gasteiger partial charge on any atom is -0.0850 e. The van der Waals surface area contributed by atoms with Crippen LogP contribution in [0.5, 0.6) is 0 Å². The molecule has 44 valence electrons. The summed E-state index contributed by atoms with van der Waals surface area (Å²) in [6.45, 7) is 4.64. The van der Waals surface area contributed by atoms with Crippen molar-refractivity contribution in [1.29, 1.82) is 0 Å². The first-order valence-corrected chi connectivity index (χ1v) is 3.47. The zero-order valence-electron chi connectivity index (χ0n) is 5.52. The fraction of sp³-hybridized carbons (Fsp3) is 0.750. The van der Waals surface area contributed by atoms with Gasteiger partial charge >= 0.3 is 0 Å². The molecule has 0 unspecified atom stereocenters. The summed E-state index contributed by atoms with van der Waals surface area (Å²) in [7, 11) is 0. The average Bonchev–Trinajstić information content (AvgIpc) is 2.13. The molecule has 0 aromatic carbocycles. The highest BCUT2D eigenvalue weighted by molar-refractivity contribution is 5.24. The van der Waals surface area contributed by atoms with E-state index in [1.54, 1.807) is 5.57 Å². The monoisotopic (exact) mass is 108 g/mol. The van der Waals surface area contributed by atoms with Crippen molar-refractivity contribution in [3.05, 3.63) is 11.6 Å². The molecule has 0 heterocycles. The van der Waals surface area contributed by atoms with Crippen LogP contribution in [0.25, 0.3) is 0 Å². The largest absolute Gasteiger partial charge is 0.0850 e. The fourth-order valence-corrected chi connectivity index (χ4v) is 2.12. The van der Waals surface area contributed by atoms with Gasteiger partial charge in [0.25, 0.3) is 0 Å². The molecule has 3 atom stereocenters. The normalized spacial score (nSPS) is 50.8. The molecule has 0 heteroatoms. The van der Waals surface area contributed by atoms with Crippen LogP contribution in [0.4, 0.5) is 0 Å². The Hall–Kier alpha value is -0.260. The van der Waals surface area contributed by atoms with Gasteiger partial charge in [-0.2, -0.15) is 0 Å². The van der Waals surface area contributed by atoms with Crippen molar-refractivity contribution in [1.82, 2.24) is 0 Å². The summed E-state index contributed by atoms with van der Waals surface area (Å²) < 4.78 is 0. The molecule has 0 N–H and O–H groups in total. The summed E-state index contributed by atoms with van der Waals surface area (Å²) >= 11 is 0. The highest BCUT2D eigenvalue weighted by Crippen LogP contribution is 2.56. The molecule has 1 fully saturated rings. The van der Waals surface area contributed by atoms with Gasteiger partial charge in [0.2, 0.25) is 0 Å². The van der Waals surface area contributed by atoms with Crippen molar-refractivity contribution in [3.63, 3.8) is 0 Å². The summed E-state index contributed by atoms with van der Waals surface area (Å²) in [6.07, 6.45) is 3.77. The molecule has 0 aromatic rings. The van der Waals surface area contributed by atoms with Crippen molar-refractivity contribution in [2.24, 2.45) is 17.8 Å². The van der Waals surface area contributed by atoms with Crippen molar-refractivity contribution < 1.29 is 0 Å². The molecule has 0 aliphatic heterocycles. The highest BCUT2D eigenvalue weighted by Gasteiger charge is 2.49. The maximum absolute atomic E-state index is 2.40. The first-order chi connectivity index (χ1) is 3.80. The van der Waals surface area contributed by atoms with E-state index in [1.165, 1.54) is 6.42 Å². The van der Waals surface area contributed by atoms with Crippen molar-refractivity contribution >= 4 is 0 Å². The molecule has 1 saturated carbocycles. The molecule has 0 spiro atoms. The third-order valence-electron chi connectivity index (χ3n) is 2.80. The van der Waals surface area contributed by atoms with Crippen molar-refractivity contribution in [3.8, 4) is 0 Å². The van der Waals surface area contributed by atoms with Crippen LogP contribution in [0.15, 0.2) is 11.6 Å². The Morgan fingerprint density at radius 3 is 2.62 bits per heavy atom. The van der Waals surface area contributed by atoms with Crippen LogP contribution in [0.1, 0.15) is 20.3 Å². The summed E-state index contributed by atoms with van der Waals surface area (Å²) in [6, 6.07) is 0. The van der Waals surface area contributed by atoms with Crippen LogP contribution in [0.2, 0.25) is 0 Å². The minimum atomic E-state index is 1.01. The zero-order valence-corrected chi connectivity index (χ0v) is 5.52. The number of rotatable bonds is 0. The fourth-order valence-electron chi connectivity index (χ4n) is 2.12. The molecule has 0 nitrogen and oxygen atoms in total. The Balaban J connectivity index is 2.20. The third kappa shape index (κ3) is 0.367. The Morgan fingerprint density at radius 2 is 2.38 bits per heavy atom. The summed E-state index contributed by atoms with van der Waals surface area (Å²) in [4.78, 5) is 0. The topological polar surface area (TPSA) is 0 Å². The first-order valence-electron chi connectivity index (χ1n) is 3.47. The third-order valence-corrected chi connectivity index (χ3v) is 2.80. The lowest BCUT2D eigenvalue weighted by Gasteiger charge is -1.90. The average molecular weight is 108 g/mol. The Kier molecular flexibility index (Phi) is 0.677. The SMILES string of the molecule is CC1=CC[C@H]2[C@H](C)[C@@H]12. The molecular formula is C8H12. The van der Waals surface area contributed by atoms with Gasteiger partial charge in [0.15, 0.2) is 0 Å². The summed E-state index contributed by atoms with van der Waals surface area (Å²) in [5, 5.41) is 0. The van der Waals surface area contributed by atoms with Gasteiger partial charge in [0, 0.05) is 0 Å². The van der Waals surface area contributed by atoms with Crippen molar-refractivity contribution in [2.75, 3.05) is 0 Å². The smallest absolute Gasteiger partial charge is 0.0143 e. The molecule has 0 amide bonds. The molecule has 8 heavy (non-hydrogen) atoms. The van der Waals surface area contributed by atoms with E-state index in [2.05, 4.69) is 19.9 Å². The predicted molar refractivity (Wildman–Crippen MR) is 34.5 cm³/mol. The summed E-state index contributed by atoms with van der Waals surface area (Å²) in [5.41, 5.74) is 1.66. The van der Waals surface area contributed by atoms with E-state index in [4.69, 9.17) is 0 Å². The van der Waals surface area contributed by atoms with E-state index < -0.39 is 0 Å². The lowest BCUT2D eigenvalue weighted by molar-refractivity contribution is 0.768. The van der Waals surface area contributed by atoms with Crippen LogP contribution >= 0.6 is 0 Å². The standard InChI is InChI=1S/C8H12/c1-5-3-4-7-6(2)8(5)7/h3,6-8H,4H2,1-2H3/t6-,7-,8+/m0/s1. The van der Waals surface area contributed by atoms with Gasteiger partial charge < -0.3 is 0 Å². The number of hydrogen-bond donors (Lipinski definition) is 0. The second-order valence-corrected chi connectivity index (χ2v) is 3.23. The molecule has 2 aliphatic rings. The van der Waals surface area contributed by atoms with Crippen LogP contribution in [0.3, 0.4) is 0 Å². The van der Waals surface area contributed by atoms with Gasteiger partial charge in [-0.3, -0.25) is 0 Å². The van der Waals surface area contributed by atoms with Crippen LogP contribution in [-0.2, 0) is 0 Å². The lowest BCUT2D eigenvalue weighted by Crippen LogP contribution is -1.77. The highest BCUT2D eigenvalue weighted by atomic mass is 14.5. The molecule has 2 aliphatic carbocycles. The maximum atomic E-state index is 2.40. The molecule has 0 saturated heterocycles. The van der Waals surface area contributed by atoms with Crippen LogP contribution < -0.4 is 0 Å². The number of hydrogen-bond acceptors (Lipinski definition) is 0. The Labute approximate surface area is 50.6 Å². The van der Waals surface area contributed by atoms with E-state index in [0.717, 1.165) is 17.8 Å². The van der Waals surface area contributed by atoms with E-state index >= 15 is 0 Å². The molecule has 0 bridgehead atoms. The Bertz CT molecular complexity index is 144. The van der Waals surface area contributed by atoms with Crippen molar-refractivity contribution in [2.45, 2.75) is 20.3 Å². The molecule has 0 aromatic heterocycles. The second-order valence-electron chi connectivity index (χ2n) is 3.23. The van der Waals surface area contributed by atoms with E-state index in [0.29, 0.717) is 0 Å². The van der Waals surface area contributed by atoms with Gasteiger partial charge in [-0.25, -0.2) is 0 Å². The zero-order chi connectivity index (χ0) is 5.72. The number of fused-ring (bicyclic) bond motifs is 1. The lowest BCUT2D eigenvalue weighted by atomic mass is 10.2. The van der Waals surface area contributed by atoms with Crippen LogP contribution in [-0.4, -0.2) is 0 Å². The van der Waals surface area contributed by atoms with Gasteiger partial charge in [0.1, 0.15) is 0 Å². The van der Waals surface area contributed by atoms with Crippen LogP contribution in [0, 0.1) is 17.8 Å². The summed E-state index contributed by atoms with van der Waals surface area (Å²) in [5.74, 6) is 3.10. The Morgan fingerprint density at radius 1 is 1.62 bits per heavy atom. The maximum Gasteiger partial charge on any atom is -0.0143 e. The van der Waals surface area contributed by atoms with E-state index in [-0.39, 0.29) is 0 Å². The van der Waals surface area contributed by atoms with E-state index in [9.17, 15) is 0 Å². The van der Waals surface area contributed by atoms with E-state index in [1.807, 2.05) is 0 Å². The van der Waals surface area contributed by atoms with Gasteiger partial charge in [-0.1, -0.05) is 18.6 Å². The second kappa shape index (κ2) is 1.18. The number of allylic oxidation sites excluding steroid dienone is 2. The molecule has 2 rings (SSSR count). The minimum absolute atomic E-state index is 1.01.